The predicted molar refractivity (Wildman–Crippen MR) is 60.8 cm³/mol. The Morgan fingerprint density at radius 3 is 2.71 bits per heavy atom. The van der Waals surface area contributed by atoms with Crippen molar-refractivity contribution in [1.29, 1.82) is 0 Å². The van der Waals surface area contributed by atoms with E-state index in [0.29, 0.717) is 5.88 Å². The lowest BCUT2D eigenvalue weighted by Gasteiger charge is -2.05. The summed E-state index contributed by atoms with van der Waals surface area (Å²) in [5.74, 6) is 0.545. The molecule has 0 saturated heterocycles. The van der Waals surface area contributed by atoms with Crippen LogP contribution in [0.3, 0.4) is 0 Å². The molecule has 1 aromatic carbocycles. The first-order valence-corrected chi connectivity index (χ1v) is 5.17. The number of rotatable bonds is 1. The largest absolute Gasteiger partial charge is 0.253 e. The Balaban J connectivity index is 2.81. The van der Waals surface area contributed by atoms with Crippen molar-refractivity contribution in [2.24, 2.45) is 0 Å². The molecular weight excluding hydrogens is 194 g/mol. The molecule has 1 aromatic heterocycles. The smallest absolute Gasteiger partial charge is 0.0711 e. The SMILES string of the molecule is Cc1ccc2c(CCl)cc(C)nc2c1. The molecule has 2 aromatic rings. The van der Waals surface area contributed by atoms with Crippen LogP contribution in [-0.4, -0.2) is 4.98 Å². The summed E-state index contributed by atoms with van der Waals surface area (Å²) < 4.78 is 0. The quantitative estimate of drug-likeness (QED) is 0.649. The van der Waals surface area contributed by atoms with E-state index in [0.717, 1.165) is 22.2 Å². The van der Waals surface area contributed by atoms with Crippen molar-refractivity contribution < 1.29 is 0 Å². The topological polar surface area (TPSA) is 12.9 Å². The zero-order valence-corrected chi connectivity index (χ0v) is 9.10. The zero-order chi connectivity index (χ0) is 10.1. The van der Waals surface area contributed by atoms with Gasteiger partial charge < -0.3 is 0 Å². The molecule has 1 nitrogen and oxygen atoms in total. The summed E-state index contributed by atoms with van der Waals surface area (Å²) in [6.45, 7) is 4.07. The molecule has 0 bridgehead atoms. The molecule has 0 radical (unpaired) electrons. The Labute approximate surface area is 88.7 Å². The molecule has 0 aliphatic heterocycles. The maximum absolute atomic E-state index is 5.89. The van der Waals surface area contributed by atoms with Crippen LogP contribution in [0.25, 0.3) is 10.9 Å². The first-order valence-electron chi connectivity index (χ1n) is 4.63. The Hall–Kier alpha value is -1.08. The molecule has 0 amide bonds. The summed E-state index contributed by atoms with van der Waals surface area (Å²) in [5.41, 5.74) is 4.46. The highest BCUT2D eigenvalue weighted by Gasteiger charge is 2.02. The number of hydrogen-bond acceptors (Lipinski definition) is 1. The van der Waals surface area contributed by atoms with Crippen molar-refractivity contribution in [3.05, 3.63) is 41.1 Å². The lowest BCUT2D eigenvalue weighted by Crippen LogP contribution is -1.90. The van der Waals surface area contributed by atoms with Crippen LogP contribution in [-0.2, 0) is 5.88 Å². The molecular formula is C12H12ClN. The zero-order valence-electron chi connectivity index (χ0n) is 8.34. The van der Waals surface area contributed by atoms with Gasteiger partial charge in [-0.1, -0.05) is 12.1 Å². The van der Waals surface area contributed by atoms with Crippen LogP contribution in [0.5, 0.6) is 0 Å². The molecule has 0 N–H and O–H groups in total. The van der Waals surface area contributed by atoms with Crippen LogP contribution in [0, 0.1) is 13.8 Å². The van der Waals surface area contributed by atoms with Gasteiger partial charge in [0.05, 0.1) is 5.52 Å². The molecule has 0 fully saturated rings. The van der Waals surface area contributed by atoms with Crippen LogP contribution >= 0.6 is 11.6 Å². The number of fused-ring (bicyclic) bond motifs is 1. The monoisotopic (exact) mass is 205 g/mol. The molecule has 0 aliphatic rings. The average molecular weight is 206 g/mol. The van der Waals surface area contributed by atoms with E-state index in [2.05, 4.69) is 30.1 Å². The van der Waals surface area contributed by atoms with Gasteiger partial charge in [0, 0.05) is 17.0 Å². The molecule has 0 spiro atoms. The molecule has 0 saturated carbocycles. The highest BCUT2D eigenvalue weighted by molar-refractivity contribution is 6.18. The second-order valence-corrected chi connectivity index (χ2v) is 3.84. The lowest BCUT2D eigenvalue weighted by atomic mass is 10.1. The van der Waals surface area contributed by atoms with Crippen LogP contribution in [0.1, 0.15) is 16.8 Å². The van der Waals surface area contributed by atoms with Crippen molar-refractivity contribution in [1.82, 2.24) is 4.98 Å². The number of alkyl halides is 1. The molecule has 72 valence electrons. The van der Waals surface area contributed by atoms with Gasteiger partial charge in [0.1, 0.15) is 0 Å². The number of halogens is 1. The molecule has 14 heavy (non-hydrogen) atoms. The van der Waals surface area contributed by atoms with Gasteiger partial charge >= 0.3 is 0 Å². The van der Waals surface area contributed by atoms with Crippen LogP contribution < -0.4 is 0 Å². The number of aryl methyl sites for hydroxylation is 2. The van der Waals surface area contributed by atoms with Crippen LogP contribution in [0.15, 0.2) is 24.3 Å². The highest BCUT2D eigenvalue weighted by Crippen LogP contribution is 2.20. The lowest BCUT2D eigenvalue weighted by molar-refractivity contribution is 1.22. The van der Waals surface area contributed by atoms with E-state index in [-0.39, 0.29) is 0 Å². The minimum atomic E-state index is 0.545. The van der Waals surface area contributed by atoms with Crippen molar-refractivity contribution >= 4 is 22.5 Å². The standard InChI is InChI=1S/C12H12ClN/c1-8-3-4-11-10(7-13)6-9(2)14-12(11)5-8/h3-6H,7H2,1-2H3. The van der Waals surface area contributed by atoms with Gasteiger partial charge in [-0.3, -0.25) is 4.98 Å². The first-order chi connectivity index (χ1) is 6.70. The normalized spacial score (nSPS) is 10.8. The molecule has 0 atom stereocenters. The number of nitrogens with zero attached hydrogens (tertiary/aromatic N) is 1. The fourth-order valence-electron chi connectivity index (χ4n) is 1.67. The Bertz CT molecular complexity index is 472. The van der Waals surface area contributed by atoms with Gasteiger partial charge in [-0.25, -0.2) is 0 Å². The minimum Gasteiger partial charge on any atom is -0.253 e. The van der Waals surface area contributed by atoms with E-state index in [4.69, 9.17) is 11.6 Å². The Morgan fingerprint density at radius 2 is 2.00 bits per heavy atom. The second kappa shape index (κ2) is 3.58. The maximum Gasteiger partial charge on any atom is 0.0711 e. The number of pyridine rings is 1. The summed E-state index contributed by atoms with van der Waals surface area (Å²) in [7, 11) is 0. The number of benzene rings is 1. The van der Waals surface area contributed by atoms with E-state index < -0.39 is 0 Å². The third kappa shape index (κ3) is 1.60. The Kier molecular flexibility index (Phi) is 2.42. The summed E-state index contributed by atoms with van der Waals surface area (Å²) in [5, 5.41) is 1.16. The van der Waals surface area contributed by atoms with Crippen LogP contribution in [0.4, 0.5) is 0 Å². The minimum absolute atomic E-state index is 0.545. The van der Waals surface area contributed by atoms with Gasteiger partial charge in [-0.05, 0) is 37.1 Å². The number of hydrogen-bond donors (Lipinski definition) is 0. The molecule has 2 rings (SSSR count). The molecule has 0 aliphatic carbocycles. The second-order valence-electron chi connectivity index (χ2n) is 3.58. The third-order valence-electron chi connectivity index (χ3n) is 2.32. The number of aromatic nitrogens is 1. The van der Waals surface area contributed by atoms with Crippen molar-refractivity contribution in [3.63, 3.8) is 0 Å². The summed E-state index contributed by atoms with van der Waals surface area (Å²) in [4.78, 5) is 4.49. The highest BCUT2D eigenvalue weighted by atomic mass is 35.5. The summed E-state index contributed by atoms with van der Waals surface area (Å²) in [6, 6.07) is 8.33. The third-order valence-corrected chi connectivity index (χ3v) is 2.61. The molecule has 1 heterocycles. The Morgan fingerprint density at radius 1 is 1.21 bits per heavy atom. The van der Waals surface area contributed by atoms with Gasteiger partial charge in [0.15, 0.2) is 0 Å². The fraction of sp³-hybridized carbons (Fsp3) is 0.250. The summed E-state index contributed by atoms with van der Waals surface area (Å²) in [6.07, 6.45) is 0. The van der Waals surface area contributed by atoms with Gasteiger partial charge in [-0.15, -0.1) is 11.6 Å². The maximum atomic E-state index is 5.89. The van der Waals surface area contributed by atoms with E-state index in [1.54, 1.807) is 0 Å². The van der Waals surface area contributed by atoms with Gasteiger partial charge in [-0.2, -0.15) is 0 Å². The molecule has 2 heteroatoms. The first kappa shape index (κ1) is 9.47. The van der Waals surface area contributed by atoms with E-state index in [1.165, 1.54) is 5.56 Å². The van der Waals surface area contributed by atoms with Crippen LogP contribution in [0.2, 0.25) is 0 Å². The van der Waals surface area contributed by atoms with E-state index in [9.17, 15) is 0 Å². The van der Waals surface area contributed by atoms with Gasteiger partial charge in [0.25, 0.3) is 0 Å². The molecule has 0 unspecified atom stereocenters. The van der Waals surface area contributed by atoms with Crippen molar-refractivity contribution in [3.8, 4) is 0 Å². The van der Waals surface area contributed by atoms with E-state index in [1.807, 2.05) is 13.0 Å². The predicted octanol–water partition coefficient (Wildman–Crippen LogP) is 3.59. The average Bonchev–Trinajstić information content (AvgIpc) is 2.15. The fourth-order valence-corrected chi connectivity index (χ4v) is 1.89. The van der Waals surface area contributed by atoms with Crippen molar-refractivity contribution in [2.75, 3.05) is 0 Å². The van der Waals surface area contributed by atoms with Crippen molar-refractivity contribution in [2.45, 2.75) is 19.7 Å². The van der Waals surface area contributed by atoms with Gasteiger partial charge in [0.2, 0.25) is 0 Å². The van der Waals surface area contributed by atoms with E-state index >= 15 is 0 Å². The summed E-state index contributed by atoms with van der Waals surface area (Å²) >= 11 is 5.89.